The summed E-state index contributed by atoms with van der Waals surface area (Å²) >= 11 is 0. The summed E-state index contributed by atoms with van der Waals surface area (Å²) in [5, 5.41) is 4.22. The topological polar surface area (TPSA) is 63.9 Å². The number of aryl methyl sites for hydroxylation is 1. The van der Waals surface area contributed by atoms with Crippen LogP contribution >= 0.6 is 0 Å². The largest absolute Gasteiger partial charge is 0.334 e. The average Bonchev–Trinajstić information content (AvgIpc) is 3.11. The van der Waals surface area contributed by atoms with Crippen molar-refractivity contribution in [3.63, 3.8) is 0 Å². The molecule has 6 nitrogen and oxygen atoms in total. The lowest BCUT2D eigenvalue weighted by Crippen LogP contribution is -2.38. The highest BCUT2D eigenvalue weighted by molar-refractivity contribution is 5.95. The number of likely N-dealkylation sites (tertiary alicyclic amines) is 1. The SMILES string of the molecule is Cc1ncncc1C(=O)N1CCC[C@@H]1Cn1cccn1. The molecule has 1 aliphatic rings. The Bertz CT molecular complexity index is 595. The lowest BCUT2D eigenvalue weighted by atomic mass is 10.2. The van der Waals surface area contributed by atoms with E-state index in [2.05, 4.69) is 15.1 Å². The van der Waals surface area contributed by atoms with Crippen molar-refractivity contribution in [3.8, 4) is 0 Å². The Balaban J connectivity index is 1.78. The number of amides is 1. The fourth-order valence-corrected chi connectivity index (χ4v) is 2.67. The van der Waals surface area contributed by atoms with E-state index >= 15 is 0 Å². The maximum atomic E-state index is 12.6. The van der Waals surface area contributed by atoms with E-state index in [1.54, 1.807) is 12.4 Å². The Morgan fingerprint density at radius 2 is 2.40 bits per heavy atom. The van der Waals surface area contributed by atoms with Gasteiger partial charge in [-0.2, -0.15) is 5.10 Å². The summed E-state index contributed by atoms with van der Waals surface area (Å²) in [5.41, 5.74) is 1.33. The van der Waals surface area contributed by atoms with Gasteiger partial charge in [-0.3, -0.25) is 9.48 Å². The smallest absolute Gasteiger partial charge is 0.257 e. The van der Waals surface area contributed by atoms with E-state index < -0.39 is 0 Å². The predicted octanol–water partition coefficient (Wildman–Crippen LogP) is 1.29. The Hall–Kier alpha value is -2.24. The fourth-order valence-electron chi connectivity index (χ4n) is 2.67. The summed E-state index contributed by atoms with van der Waals surface area (Å²) in [6, 6.07) is 2.10. The first-order valence-corrected chi connectivity index (χ1v) is 6.80. The minimum absolute atomic E-state index is 0.0257. The highest BCUT2D eigenvalue weighted by Crippen LogP contribution is 2.21. The Morgan fingerprint density at radius 1 is 1.50 bits per heavy atom. The minimum Gasteiger partial charge on any atom is -0.334 e. The van der Waals surface area contributed by atoms with Crippen molar-refractivity contribution < 1.29 is 4.79 Å². The molecule has 3 heterocycles. The number of carbonyl (C=O) groups is 1. The van der Waals surface area contributed by atoms with E-state index in [1.165, 1.54) is 6.33 Å². The quantitative estimate of drug-likeness (QED) is 0.843. The normalized spacial score (nSPS) is 18.4. The lowest BCUT2D eigenvalue weighted by molar-refractivity contribution is 0.0720. The third kappa shape index (κ3) is 2.41. The zero-order valence-corrected chi connectivity index (χ0v) is 11.4. The molecule has 0 saturated carbocycles. The minimum atomic E-state index is 0.0257. The van der Waals surface area contributed by atoms with E-state index in [1.807, 2.05) is 28.8 Å². The first-order chi connectivity index (χ1) is 9.75. The van der Waals surface area contributed by atoms with Gasteiger partial charge in [-0.1, -0.05) is 0 Å². The number of carbonyl (C=O) groups excluding carboxylic acids is 1. The molecular weight excluding hydrogens is 254 g/mol. The molecule has 1 aliphatic heterocycles. The Kier molecular flexibility index (Phi) is 3.45. The van der Waals surface area contributed by atoms with Crippen LogP contribution in [0.2, 0.25) is 0 Å². The summed E-state index contributed by atoms with van der Waals surface area (Å²) < 4.78 is 1.88. The average molecular weight is 271 g/mol. The monoisotopic (exact) mass is 271 g/mol. The van der Waals surface area contributed by atoms with Crippen LogP contribution in [0.15, 0.2) is 31.0 Å². The van der Waals surface area contributed by atoms with Crippen molar-refractivity contribution in [3.05, 3.63) is 42.2 Å². The van der Waals surface area contributed by atoms with Crippen molar-refractivity contribution in [2.24, 2.45) is 0 Å². The molecule has 6 heteroatoms. The van der Waals surface area contributed by atoms with Crippen LogP contribution in [0.1, 0.15) is 28.9 Å². The van der Waals surface area contributed by atoms with Crippen LogP contribution in [-0.4, -0.2) is 43.1 Å². The van der Waals surface area contributed by atoms with Gasteiger partial charge in [0.2, 0.25) is 0 Å². The molecule has 1 atom stereocenters. The second-order valence-corrected chi connectivity index (χ2v) is 5.04. The first-order valence-electron chi connectivity index (χ1n) is 6.80. The Labute approximate surface area is 117 Å². The molecule has 104 valence electrons. The predicted molar refractivity (Wildman–Crippen MR) is 73.1 cm³/mol. The Morgan fingerprint density at radius 3 is 3.15 bits per heavy atom. The van der Waals surface area contributed by atoms with Crippen molar-refractivity contribution >= 4 is 5.91 Å². The van der Waals surface area contributed by atoms with Crippen LogP contribution in [0.25, 0.3) is 0 Å². The standard InChI is InChI=1S/C14H17N5O/c1-11-13(8-15-10-16-11)14(20)19-7-2-4-12(19)9-18-6-3-5-17-18/h3,5-6,8,10,12H,2,4,7,9H2,1H3/t12-/m1/s1. The molecule has 0 N–H and O–H groups in total. The van der Waals surface area contributed by atoms with Crippen LogP contribution in [0.5, 0.6) is 0 Å². The molecule has 2 aromatic rings. The third-order valence-corrected chi connectivity index (χ3v) is 3.74. The van der Waals surface area contributed by atoms with Gasteiger partial charge < -0.3 is 4.90 Å². The lowest BCUT2D eigenvalue weighted by Gasteiger charge is -2.25. The molecule has 0 unspecified atom stereocenters. The third-order valence-electron chi connectivity index (χ3n) is 3.74. The molecule has 3 rings (SSSR count). The van der Waals surface area contributed by atoms with E-state index in [0.717, 1.165) is 31.6 Å². The molecule has 0 aliphatic carbocycles. The van der Waals surface area contributed by atoms with Gasteiger partial charge in [0.05, 0.1) is 23.8 Å². The number of hydrogen-bond donors (Lipinski definition) is 0. The van der Waals surface area contributed by atoms with Crippen LogP contribution in [0, 0.1) is 6.92 Å². The zero-order chi connectivity index (χ0) is 13.9. The van der Waals surface area contributed by atoms with E-state index in [-0.39, 0.29) is 11.9 Å². The van der Waals surface area contributed by atoms with Gasteiger partial charge >= 0.3 is 0 Å². The zero-order valence-electron chi connectivity index (χ0n) is 11.4. The molecular formula is C14H17N5O. The van der Waals surface area contributed by atoms with Gasteiger partial charge in [-0.25, -0.2) is 9.97 Å². The van der Waals surface area contributed by atoms with Crippen molar-refractivity contribution in [2.75, 3.05) is 6.54 Å². The van der Waals surface area contributed by atoms with Crippen LogP contribution in [-0.2, 0) is 6.54 Å². The van der Waals surface area contributed by atoms with Gasteiger partial charge in [0.25, 0.3) is 5.91 Å². The van der Waals surface area contributed by atoms with Gasteiger partial charge in [0, 0.05) is 25.1 Å². The fraction of sp³-hybridized carbons (Fsp3) is 0.429. The van der Waals surface area contributed by atoms with Crippen molar-refractivity contribution in [2.45, 2.75) is 32.4 Å². The van der Waals surface area contributed by atoms with Gasteiger partial charge in [-0.15, -0.1) is 0 Å². The van der Waals surface area contributed by atoms with Gasteiger partial charge in [0.1, 0.15) is 6.33 Å². The van der Waals surface area contributed by atoms with E-state index in [4.69, 9.17) is 0 Å². The molecule has 1 fully saturated rings. The molecule has 20 heavy (non-hydrogen) atoms. The van der Waals surface area contributed by atoms with Gasteiger partial charge in [-0.05, 0) is 25.8 Å². The summed E-state index contributed by atoms with van der Waals surface area (Å²) in [6.45, 7) is 3.37. The number of rotatable bonds is 3. The molecule has 2 aromatic heterocycles. The number of aromatic nitrogens is 4. The summed E-state index contributed by atoms with van der Waals surface area (Å²) in [4.78, 5) is 22.6. The summed E-state index contributed by atoms with van der Waals surface area (Å²) in [6.07, 6.45) is 8.81. The molecule has 0 bridgehead atoms. The van der Waals surface area contributed by atoms with Crippen molar-refractivity contribution in [1.82, 2.24) is 24.6 Å². The molecule has 0 radical (unpaired) electrons. The van der Waals surface area contributed by atoms with Crippen LogP contribution in [0.4, 0.5) is 0 Å². The van der Waals surface area contributed by atoms with Crippen LogP contribution in [0.3, 0.4) is 0 Å². The van der Waals surface area contributed by atoms with Crippen molar-refractivity contribution in [1.29, 1.82) is 0 Å². The molecule has 1 amide bonds. The highest BCUT2D eigenvalue weighted by atomic mass is 16.2. The second-order valence-electron chi connectivity index (χ2n) is 5.04. The molecule has 0 aromatic carbocycles. The second kappa shape index (κ2) is 5.40. The molecule has 1 saturated heterocycles. The maximum absolute atomic E-state index is 12.6. The van der Waals surface area contributed by atoms with Crippen LogP contribution < -0.4 is 0 Å². The number of nitrogens with zero attached hydrogens (tertiary/aromatic N) is 5. The summed E-state index contributed by atoms with van der Waals surface area (Å²) in [5.74, 6) is 0.0257. The van der Waals surface area contributed by atoms with Gasteiger partial charge in [0.15, 0.2) is 0 Å². The van der Waals surface area contributed by atoms with E-state index in [9.17, 15) is 4.79 Å². The highest BCUT2D eigenvalue weighted by Gasteiger charge is 2.30. The van der Waals surface area contributed by atoms with E-state index in [0.29, 0.717) is 5.56 Å². The number of hydrogen-bond acceptors (Lipinski definition) is 4. The summed E-state index contributed by atoms with van der Waals surface area (Å²) in [7, 11) is 0. The maximum Gasteiger partial charge on any atom is 0.257 e. The first kappa shape index (κ1) is 12.8. The molecule has 0 spiro atoms.